The quantitative estimate of drug-likeness (QED) is 0.456. The molecule has 3 aliphatic rings. The Bertz CT molecular complexity index is 1440. The molecule has 39 heavy (non-hydrogen) atoms. The summed E-state index contributed by atoms with van der Waals surface area (Å²) in [6.45, 7) is 13.8. The molecule has 1 amide bonds. The zero-order chi connectivity index (χ0) is 27.4. The third kappa shape index (κ3) is 4.80. The first-order chi connectivity index (χ1) is 18.7. The van der Waals surface area contributed by atoms with Gasteiger partial charge < -0.3 is 9.88 Å². The van der Waals surface area contributed by atoms with Gasteiger partial charge in [0.2, 0.25) is 0 Å². The maximum Gasteiger partial charge on any atom is 0.255 e. The van der Waals surface area contributed by atoms with Crippen LogP contribution in [-0.2, 0) is 13.0 Å². The molecular weight excluding hydrogens is 506 g/mol. The molecule has 0 bridgehead atoms. The summed E-state index contributed by atoms with van der Waals surface area (Å²) in [5.41, 5.74) is 5.76. The van der Waals surface area contributed by atoms with Crippen molar-refractivity contribution in [3.05, 3.63) is 72.1 Å². The largest absolute Gasteiger partial charge is 0.334 e. The molecule has 5 heterocycles. The highest BCUT2D eigenvalue weighted by Crippen LogP contribution is 2.44. The van der Waals surface area contributed by atoms with E-state index in [1.165, 1.54) is 46.7 Å². The van der Waals surface area contributed by atoms with Gasteiger partial charge in [0, 0.05) is 65.0 Å². The van der Waals surface area contributed by atoms with E-state index >= 15 is 0 Å². The Balaban J connectivity index is 1.09. The van der Waals surface area contributed by atoms with Gasteiger partial charge in [-0.3, -0.25) is 19.2 Å². The second-order valence-electron chi connectivity index (χ2n) is 12.2. The summed E-state index contributed by atoms with van der Waals surface area (Å²) in [5.74, 6) is 1.23. The second kappa shape index (κ2) is 10.4. The smallest absolute Gasteiger partial charge is 0.255 e. The maximum absolute atomic E-state index is 13.6. The molecule has 0 spiro atoms. The van der Waals surface area contributed by atoms with Crippen LogP contribution >= 0.6 is 11.3 Å². The van der Waals surface area contributed by atoms with Crippen molar-refractivity contribution in [2.24, 2.45) is 5.92 Å². The molecule has 0 radical (unpaired) electrons. The molecule has 1 unspecified atom stereocenters. The topological polar surface area (TPSA) is 74.2 Å². The van der Waals surface area contributed by atoms with E-state index in [0.29, 0.717) is 42.6 Å². The van der Waals surface area contributed by atoms with Gasteiger partial charge in [-0.05, 0) is 88.5 Å². The number of hydrogen-bond acceptors (Lipinski definition) is 5. The zero-order valence-corrected chi connectivity index (χ0v) is 24.7. The number of pyridine rings is 1. The zero-order valence-electron chi connectivity index (χ0n) is 23.9. The van der Waals surface area contributed by atoms with E-state index in [9.17, 15) is 9.59 Å². The maximum atomic E-state index is 13.6. The van der Waals surface area contributed by atoms with Crippen LogP contribution in [0.2, 0.25) is 0 Å². The number of amides is 1. The van der Waals surface area contributed by atoms with Crippen molar-refractivity contribution >= 4 is 17.2 Å². The molecule has 1 N–H and O–H groups in total. The van der Waals surface area contributed by atoms with Gasteiger partial charge in [0.05, 0.1) is 18.2 Å². The monoisotopic (exact) mass is 547 g/mol. The fourth-order valence-electron chi connectivity index (χ4n) is 7.28. The Morgan fingerprint density at radius 1 is 1.08 bits per heavy atom. The van der Waals surface area contributed by atoms with Crippen LogP contribution < -0.4 is 5.56 Å². The lowest BCUT2D eigenvalue weighted by Crippen LogP contribution is -2.54. The summed E-state index contributed by atoms with van der Waals surface area (Å²) in [4.78, 5) is 36.3. The van der Waals surface area contributed by atoms with Gasteiger partial charge in [-0.15, -0.1) is 11.3 Å². The van der Waals surface area contributed by atoms with E-state index in [0.717, 1.165) is 36.3 Å². The predicted octanol–water partition coefficient (Wildman–Crippen LogP) is 5.28. The van der Waals surface area contributed by atoms with Crippen molar-refractivity contribution in [1.29, 1.82) is 0 Å². The molecule has 208 valence electrons. The lowest BCUT2D eigenvalue weighted by molar-refractivity contribution is 0.0262. The summed E-state index contributed by atoms with van der Waals surface area (Å²) < 4.78 is 2.19. The van der Waals surface area contributed by atoms with Gasteiger partial charge in [0.15, 0.2) is 0 Å². The van der Waals surface area contributed by atoms with Gasteiger partial charge >= 0.3 is 0 Å². The van der Waals surface area contributed by atoms with E-state index in [1.54, 1.807) is 0 Å². The Morgan fingerprint density at radius 3 is 2.49 bits per heavy atom. The SMILES string of the molecule is Cc1cc(C)c(CN2CCc3sc(C(C)[C@H]4CC[C@H](N5CC(n6nccc6C)C5)CC4)c(C)c3C2=O)c(=O)[nH]1. The number of H-pyrrole nitrogens is 1. The van der Waals surface area contributed by atoms with Crippen molar-refractivity contribution in [2.45, 2.75) is 91.3 Å². The fourth-order valence-corrected chi connectivity index (χ4v) is 8.72. The first-order valence-corrected chi connectivity index (χ1v) is 15.4. The van der Waals surface area contributed by atoms with E-state index in [1.807, 2.05) is 42.3 Å². The van der Waals surface area contributed by atoms with Crippen LogP contribution in [0.25, 0.3) is 0 Å². The van der Waals surface area contributed by atoms with Gasteiger partial charge in [-0.1, -0.05) is 6.92 Å². The number of carbonyl (C=O) groups excluding carboxylic acids is 1. The molecule has 7 nitrogen and oxygen atoms in total. The van der Waals surface area contributed by atoms with Crippen molar-refractivity contribution in [3.8, 4) is 0 Å². The van der Waals surface area contributed by atoms with E-state index in [4.69, 9.17) is 0 Å². The molecule has 6 rings (SSSR count). The molecule has 1 aliphatic carbocycles. The predicted molar refractivity (Wildman–Crippen MR) is 156 cm³/mol. The first-order valence-electron chi connectivity index (χ1n) is 14.6. The van der Waals surface area contributed by atoms with Crippen molar-refractivity contribution < 1.29 is 4.79 Å². The molecule has 1 atom stereocenters. The van der Waals surface area contributed by atoms with Crippen LogP contribution in [0.4, 0.5) is 0 Å². The van der Waals surface area contributed by atoms with Gasteiger partial charge in [-0.2, -0.15) is 5.10 Å². The number of aromatic amines is 1. The molecular formula is C31H41N5O2S. The number of hydrogen-bond donors (Lipinski definition) is 1. The first kappa shape index (κ1) is 26.5. The van der Waals surface area contributed by atoms with Crippen LogP contribution in [0.3, 0.4) is 0 Å². The Kier molecular flexibility index (Phi) is 7.04. The molecule has 3 aromatic rings. The molecule has 1 saturated carbocycles. The summed E-state index contributed by atoms with van der Waals surface area (Å²) in [7, 11) is 0. The van der Waals surface area contributed by atoms with Gasteiger partial charge in [0.25, 0.3) is 11.5 Å². The minimum atomic E-state index is -0.0803. The highest BCUT2D eigenvalue weighted by atomic mass is 32.1. The number of thiophene rings is 1. The number of carbonyl (C=O) groups is 1. The lowest BCUT2D eigenvalue weighted by atomic mass is 9.76. The molecule has 1 saturated heterocycles. The molecule has 0 aromatic carbocycles. The standard InChI is InChI=1S/C31H41N5O2S/c1-18-14-19(2)33-30(37)26(18)17-34-13-11-27-28(31(34)38)22(5)29(39-27)21(4)23-6-8-24(9-7-23)35-15-25(16-35)36-20(3)10-12-32-36/h10,12,14,21,23-25H,6-9,11,13,15-17H2,1-5H3,(H,33,37)/t21?,23-,24-. The molecule has 8 heteroatoms. The van der Waals surface area contributed by atoms with Crippen LogP contribution in [0.1, 0.15) is 92.8 Å². The number of fused-ring (bicyclic) bond motifs is 1. The number of rotatable bonds is 6. The molecule has 3 aromatic heterocycles. The van der Waals surface area contributed by atoms with Crippen LogP contribution in [0.5, 0.6) is 0 Å². The Labute approximate surface area is 235 Å². The van der Waals surface area contributed by atoms with Crippen molar-refractivity contribution in [2.75, 3.05) is 19.6 Å². The Hall–Kier alpha value is -2.71. The Morgan fingerprint density at radius 2 is 1.82 bits per heavy atom. The summed E-state index contributed by atoms with van der Waals surface area (Å²) >= 11 is 1.87. The van der Waals surface area contributed by atoms with Crippen LogP contribution in [-0.4, -0.2) is 56.1 Å². The minimum absolute atomic E-state index is 0.0803. The number of nitrogens with zero attached hydrogens (tertiary/aromatic N) is 4. The number of aromatic nitrogens is 3. The number of nitrogens with one attached hydrogen (secondary N) is 1. The van der Waals surface area contributed by atoms with Gasteiger partial charge in [-0.25, -0.2) is 0 Å². The van der Waals surface area contributed by atoms with Crippen molar-refractivity contribution in [1.82, 2.24) is 24.6 Å². The van der Waals surface area contributed by atoms with E-state index in [-0.39, 0.29) is 11.5 Å². The normalized spacial score (nSPS) is 23.1. The number of aryl methyl sites for hydroxylation is 3. The average molecular weight is 548 g/mol. The molecule has 2 aliphatic heterocycles. The van der Waals surface area contributed by atoms with E-state index in [2.05, 4.69) is 46.5 Å². The third-order valence-electron chi connectivity index (χ3n) is 9.69. The summed E-state index contributed by atoms with van der Waals surface area (Å²) in [6, 6.07) is 5.31. The average Bonchev–Trinajstić information content (AvgIpc) is 3.45. The second-order valence-corrected chi connectivity index (χ2v) is 13.3. The van der Waals surface area contributed by atoms with Crippen LogP contribution in [0.15, 0.2) is 23.1 Å². The van der Waals surface area contributed by atoms with Crippen molar-refractivity contribution in [3.63, 3.8) is 0 Å². The molecule has 2 fully saturated rings. The van der Waals surface area contributed by atoms with Crippen LogP contribution in [0, 0.1) is 33.6 Å². The summed E-state index contributed by atoms with van der Waals surface area (Å²) in [5, 5.41) is 4.51. The third-order valence-corrected chi connectivity index (χ3v) is 11.2. The fraction of sp³-hybridized carbons (Fsp3) is 0.581. The minimum Gasteiger partial charge on any atom is -0.334 e. The van der Waals surface area contributed by atoms with Gasteiger partial charge in [0.1, 0.15) is 0 Å². The highest BCUT2D eigenvalue weighted by molar-refractivity contribution is 7.12. The highest BCUT2D eigenvalue weighted by Gasteiger charge is 2.38. The number of likely N-dealkylation sites (tertiary alicyclic amines) is 1. The lowest BCUT2D eigenvalue weighted by Gasteiger charge is -2.47. The summed E-state index contributed by atoms with van der Waals surface area (Å²) in [6.07, 6.45) is 7.83. The van der Waals surface area contributed by atoms with E-state index < -0.39 is 0 Å².